The predicted molar refractivity (Wildman–Crippen MR) is 114 cm³/mol. The number of hydrogen-bond acceptors (Lipinski definition) is 5. The summed E-state index contributed by atoms with van der Waals surface area (Å²) in [5.74, 6) is -0.142. The van der Waals surface area contributed by atoms with E-state index in [1.54, 1.807) is 35.1 Å². The maximum Gasteiger partial charge on any atom is 0.416 e. The zero-order chi connectivity index (χ0) is 23.8. The largest absolute Gasteiger partial charge is 0.487 e. The third-order valence-corrected chi connectivity index (χ3v) is 6.39. The highest BCUT2D eigenvalue weighted by molar-refractivity contribution is 5.98. The molecule has 4 aromatic rings. The normalized spacial score (nSPS) is 22.0. The van der Waals surface area contributed by atoms with Gasteiger partial charge >= 0.3 is 6.18 Å². The van der Waals surface area contributed by atoms with Crippen LogP contribution in [0.25, 0.3) is 16.6 Å². The van der Waals surface area contributed by atoms with E-state index < -0.39 is 36.0 Å². The Morgan fingerprint density at radius 1 is 1.15 bits per heavy atom. The van der Waals surface area contributed by atoms with Gasteiger partial charge in [0.15, 0.2) is 0 Å². The number of benzene rings is 2. The molecule has 2 aliphatic heterocycles. The minimum atomic E-state index is -4.54. The highest BCUT2D eigenvalue weighted by Gasteiger charge is 2.47. The molecule has 174 valence electrons. The first kappa shape index (κ1) is 20.7. The van der Waals surface area contributed by atoms with E-state index in [9.17, 15) is 22.4 Å². The standard InChI is InChI=1S/C23H17F4N5O2/c24-13-7-19-20(14-3-2-12(23(25,26)27)6-18(14)34-19)31(9-13)22(33)11-1-4-15-16(5-11)32-10-29-8-17(32)21(28)30-15/h1-6,8,10,13,19-20H,7,9H2,(H2,28,30)/t13-,19-,20-/m0/s1. The van der Waals surface area contributed by atoms with Crippen molar-refractivity contribution in [1.29, 1.82) is 0 Å². The first-order valence-electron chi connectivity index (χ1n) is 10.5. The number of ether oxygens (including phenoxy) is 1. The van der Waals surface area contributed by atoms with Crippen LogP contribution in [0.4, 0.5) is 23.4 Å². The average Bonchev–Trinajstić information content (AvgIpc) is 3.42. The third kappa shape index (κ3) is 3.06. The van der Waals surface area contributed by atoms with Gasteiger partial charge in [-0.25, -0.2) is 14.4 Å². The number of fused-ring (bicyclic) bond motifs is 6. The van der Waals surface area contributed by atoms with Crippen LogP contribution in [0.1, 0.15) is 33.9 Å². The summed E-state index contributed by atoms with van der Waals surface area (Å²) in [6, 6.07) is 7.32. The van der Waals surface area contributed by atoms with Crippen molar-refractivity contribution in [2.45, 2.75) is 30.9 Å². The minimum Gasteiger partial charge on any atom is -0.487 e. The number of alkyl halides is 4. The molecule has 0 saturated carbocycles. The number of likely N-dealkylation sites (tertiary alicyclic amines) is 1. The number of piperidine rings is 1. The van der Waals surface area contributed by atoms with Crippen molar-refractivity contribution in [2.75, 3.05) is 12.3 Å². The SMILES string of the molecule is Nc1nc2ccc(C(=O)N3C[C@@H](F)C[C@@H]4Oc5cc(C(F)(F)F)ccc5[C@@H]43)cc2n2cncc12. The van der Waals surface area contributed by atoms with Crippen molar-refractivity contribution in [3.8, 4) is 5.75 Å². The monoisotopic (exact) mass is 471 g/mol. The van der Waals surface area contributed by atoms with Gasteiger partial charge in [0.2, 0.25) is 0 Å². The number of nitrogens with zero attached hydrogens (tertiary/aromatic N) is 4. The minimum absolute atomic E-state index is 0.0128. The molecule has 2 N–H and O–H groups in total. The fourth-order valence-electron chi connectivity index (χ4n) is 4.87. The molecule has 1 fully saturated rings. The Labute approximate surface area is 189 Å². The smallest absolute Gasteiger partial charge is 0.416 e. The summed E-state index contributed by atoms with van der Waals surface area (Å²) in [4.78, 5) is 23.3. The lowest BCUT2D eigenvalue weighted by Crippen LogP contribution is -2.49. The zero-order valence-corrected chi connectivity index (χ0v) is 17.5. The van der Waals surface area contributed by atoms with Gasteiger partial charge in [-0.15, -0.1) is 0 Å². The number of carbonyl (C=O) groups is 1. The Hall–Kier alpha value is -3.89. The maximum atomic E-state index is 14.6. The maximum absolute atomic E-state index is 14.6. The number of anilines is 1. The molecule has 1 amide bonds. The van der Waals surface area contributed by atoms with Crippen LogP contribution in [0.15, 0.2) is 48.9 Å². The molecule has 1 saturated heterocycles. The van der Waals surface area contributed by atoms with Crippen LogP contribution in [0.2, 0.25) is 0 Å². The predicted octanol–water partition coefficient (Wildman–Crippen LogP) is 4.17. The quantitative estimate of drug-likeness (QED) is 0.421. The van der Waals surface area contributed by atoms with Crippen molar-refractivity contribution < 1.29 is 27.1 Å². The lowest BCUT2D eigenvalue weighted by molar-refractivity contribution is -0.137. The van der Waals surface area contributed by atoms with E-state index in [4.69, 9.17) is 10.5 Å². The lowest BCUT2D eigenvalue weighted by atomic mass is 9.92. The summed E-state index contributed by atoms with van der Waals surface area (Å²) in [5, 5.41) is 0. The van der Waals surface area contributed by atoms with Crippen LogP contribution in [0.5, 0.6) is 5.75 Å². The van der Waals surface area contributed by atoms with Crippen LogP contribution in [0.3, 0.4) is 0 Å². The summed E-state index contributed by atoms with van der Waals surface area (Å²) < 4.78 is 61.5. The van der Waals surface area contributed by atoms with Gasteiger partial charge in [-0.1, -0.05) is 6.07 Å². The van der Waals surface area contributed by atoms with Crippen LogP contribution in [-0.2, 0) is 6.18 Å². The van der Waals surface area contributed by atoms with Crippen LogP contribution in [-0.4, -0.2) is 44.0 Å². The fourth-order valence-corrected chi connectivity index (χ4v) is 4.87. The Bertz CT molecular complexity index is 1470. The molecule has 3 atom stereocenters. The molecule has 2 aliphatic rings. The summed E-state index contributed by atoms with van der Waals surface area (Å²) in [5.41, 5.74) is 7.55. The third-order valence-electron chi connectivity index (χ3n) is 6.39. The van der Waals surface area contributed by atoms with Crippen molar-refractivity contribution >= 4 is 28.3 Å². The topological polar surface area (TPSA) is 85.8 Å². The number of imidazole rings is 1. The van der Waals surface area contributed by atoms with Crippen molar-refractivity contribution in [2.24, 2.45) is 0 Å². The van der Waals surface area contributed by atoms with Gasteiger partial charge in [0.05, 0.1) is 41.7 Å². The first-order valence-corrected chi connectivity index (χ1v) is 10.5. The van der Waals surface area contributed by atoms with E-state index in [0.29, 0.717) is 27.9 Å². The first-order chi connectivity index (χ1) is 16.2. The summed E-state index contributed by atoms with van der Waals surface area (Å²) in [7, 11) is 0. The highest BCUT2D eigenvalue weighted by atomic mass is 19.4. The van der Waals surface area contributed by atoms with E-state index >= 15 is 0 Å². The number of hydrogen-bond donors (Lipinski definition) is 1. The number of carbonyl (C=O) groups excluding carboxylic acids is 1. The number of amides is 1. The number of nitrogen functional groups attached to an aromatic ring is 1. The molecule has 0 unspecified atom stereocenters. The Morgan fingerprint density at radius 2 is 1.97 bits per heavy atom. The van der Waals surface area contributed by atoms with Gasteiger partial charge in [-0.05, 0) is 30.3 Å². The number of nitrogens with two attached hydrogens (primary N) is 1. The molecule has 2 aromatic heterocycles. The van der Waals surface area contributed by atoms with Crippen LogP contribution in [0, 0.1) is 0 Å². The molecular weight excluding hydrogens is 454 g/mol. The molecule has 2 aromatic carbocycles. The Balaban J connectivity index is 1.41. The average molecular weight is 471 g/mol. The van der Waals surface area contributed by atoms with Gasteiger partial charge in [0, 0.05) is 17.5 Å². The van der Waals surface area contributed by atoms with Crippen LogP contribution >= 0.6 is 0 Å². The van der Waals surface area contributed by atoms with E-state index in [1.165, 1.54) is 11.0 Å². The van der Waals surface area contributed by atoms with E-state index in [-0.39, 0.29) is 24.3 Å². The van der Waals surface area contributed by atoms with Gasteiger partial charge in [-0.2, -0.15) is 13.2 Å². The zero-order valence-electron chi connectivity index (χ0n) is 17.5. The molecule has 0 spiro atoms. The van der Waals surface area contributed by atoms with Gasteiger partial charge in [0.1, 0.15) is 29.4 Å². The summed E-state index contributed by atoms with van der Waals surface area (Å²) in [6.45, 7) is -0.192. The highest BCUT2D eigenvalue weighted by Crippen LogP contribution is 2.47. The van der Waals surface area contributed by atoms with Gasteiger partial charge in [-0.3, -0.25) is 9.20 Å². The fraction of sp³-hybridized carbons (Fsp3) is 0.261. The molecule has 4 heterocycles. The van der Waals surface area contributed by atoms with Crippen molar-refractivity contribution in [1.82, 2.24) is 19.3 Å². The number of halogens is 4. The molecular formula is C23H17F4N5O2. The van der Waals surface area contributed by atoms with Crippen molar-refractivity contribution in [3.63, 3.8) is 0 Å². The second-order valence-electron chi connectivity index (χ2n) is 8.49. The molecule has 7 nitrogen and oxygen atoms in total. The van der Waals surface area contributed by atoms with E-state index in [0.717, 1.165) is 12.1 Å². The second kappa shape index (κ2) is 7.05. The molecule has 0 bridgehead atoms. The molecule has 6 rings (SSSR count). The van der Waals surface area contributed by atoms with E-state index in [1.807, 2.05) is 0 Å². The molecule has 0 radical (unpaired) electrons. The molecule has 0 aliphatic carbocycles. The Morgan fingerprint density at radius 3 is 2.76 bits per heavy atom. The van der Waals surface area contributed by atoms with Gasteiger partial charge in [0.25, 0.3) is 5.91 Å². The van der Waals surface area contributed by atoms with E-state index in [2.05, 4.69) is 9.97 Å². The lowest BCUT2D eigenvalue weighted by Gasteiger charge is -2.38. The Kier molecular flexibility index (Phi) is 4.29. The second-order valence-corrected chi connectivity index (χ2v) is 8.49. The number of rotatable bonds is 1. The van der Waals surface area contributed by atoms with Crippen molar-refractivity contribution in [3.05, 3.63) is 65.6 Å². The summed E-state index contributed by atoms with van der Waals surface area (Å²) >= 11 is 0. The molecule has 34 heavy (non-hydrogen) atoms. The van der Waals surface area contributed by atoms with Gasteiger partial charge < -0.3 is 15.4 Å². The number of aromatic nitrogens is 3. The summed E-state index contributed by atoms with van der Waals surface area (Å²) in [6.07, 6.45) is -3.58. The molecule has 11 heteroatoms. The van der Waals surface area contributed by atoms with Crippen LogP contribution < -0.4 is 10.5 Å².